The van der Waals surface area contributed by atoms with Gasteiger partial charge in [0.25, 0.3) is 11.8 Å². The molecule has 6 heteroatoms. The van der Waals surface area contributed by atoms with Crippen molar-refractivity contribution < 1.29 is 19.1 Å². The second-order valence-corrected chi connectivity index (χ2v) is 6.61. The second-order valence-electron chi connectivity index (χ2n) is 6.61. The first kappa shape index (κ1) is 19.1. The fourth-order valence-corrected chi connectivity index (χ4v) is 3.27. The molecule has 30 heavy (non-hydrogen) atoms. The van der Waals surface area contributed by atoms with Crippen molar-refractivity contribution in [2.24, 2.45) is 0 Å². The van der Waals surface area contributed by atoms with Gasteiger partial charge in [-0.1, -0.05) is 60.7 Å². The second kappa shape index (κ2) is 8.05. The molecule has 0 radical (unpaired) electrons. The van der Waals surface area contributed by atoms with E-state index in [1.54, 1.807) is 31.4 Å². The maximum Gasteiger partial charge on any atom is 0.335 e. The largest absolute Gasteiger partial charge is 0.497 e. The van der Waals surface area contributed by atoms with Crippen molar-refractivity contribution in [3.8, 4) is 5.75 Å². The summed E-state index contributed by atoms with van der Waals surface area (Å²) in [4.78, 5) is 38.8. The van der Waals surface area contributed by atoms with E-state index in [9.17, 15) is 14.4 Å². The van der Waals surface area contributed by atoms with Gasteiger partial charge in [0.15, 0.2) is 0 Å². The van der Waals surface area contributed by atoms with Crippen molar-refractivity contribution >= 4 is 40.4 Å². The third kappa shape index (κ3) is 3.58. The molecule has 1 heterocycles. The van der Waals surface area contributed by atoms with E-state index in [1.165, 1.54) is 6.08 Å². The molecular formula is C24H18N2O4. The van der Waals surface area contributed by atoms with Crippen LogP contribution in [0.15, 0.2) is 84.5 Å². The zero-order valence-corrected chi connectivity index (χ0v) is 16.2. The first-order valence-electron chi connectivity index (χ1n) is 9.28. The number of amides is 4. The number of benzene rings is 3. The van der Waals surface area contributed by atoms with E-state index in [2.05, 4.69) is 5.32 Å². The Kier molecular flexibility index (Phi) is 5.13. The summed E-state index contributed by atoms with van der Waals surface area (Å²) in [6, 6.07) is 19.3. The van der Waals surface area contributed by atoms with Crippen LogP contribution in [0.3, 0.4) is 0 Å². The Balaban J connectivity index is 1.66. The van der Waals surface area contributed by atoms with Crippen molar-refractivity contribution in [1.82, 2.24) is 5.32 Å². The van der Waals surface area contributed by atoms with Crippen LogP contribution in [0, 0.1) is 0 Å². The van der Waals surface area contributed by atoms with E-state index in [-0.39, 0.29) is 5.57 Å². The van der Waals surface area contributed by atoms with Crippen molar-refractivity contribution in [3.05, 3.63) is 90.0 Å². The molecule has 0 aromatic heterocycles. The molecular weight excluding hydrogens is 380 g/mol. The van der Waals surface area contributed by atoms with Crippen molar-refractivity contribution in [2.75, 3.05) is 12.0 Å². The highest BCUT2D eigenvalue weighted by Crippen LogP contribution is 2.29. The number of ether oxygens (including phenoxy) is 1. The Morgan fingerprint density at radius 1 is 0.900 bits per heavy atom. The van der Waals surface area contributed by atoms with Crippen LogP contribution in [-0.2, 0) is 9.59 Å². The first-order valence-corrected chi connectivity index (χ1v) is 9.28. The summed E-state index contributed by atoms with van der Waals surface area (Å²) < 4.78 is 5.12. The van der Waals surface area contributed by atoms with Crippen molar-refractivity contribution in [3.63, 3.8) is 0 Å². The van der Waals surface area contributed by atoms with Gasteiger partial charge in [0.2, 0.25) is 0 Å². The number of hydrogen-bond acceptors (Lipinski definition) is 4. The summed E-state index contributed by atoms with van der Waals surface area (Å²) in [7, 11) is 1.59. The maximum atomic E-state index is 13.0. The van der Waals surface area contributed by atoms with Crippen LogP contribution in [0.2, 0.25) is 0 Å². The Morgan fingerprint density at radius 2 is 1.63 bits per heavy atom. The quantitative estimate of drug-likeness (QED) is 0.531. The predicted octanol–water partition coefficient (Wildman–Crippen LogP) is 4.07. The fraction of sp³-hybridized carbons (Fsp3) is 0.0417. The molecule has 148 valence electrons. The highest BCUT2D eigenvalue weighted by atomic mass is 16.5. The van der Waals surface area contributed by atoms with E-state index >= 15 is 0 Å². The summed E-state index contributed by atoms with van der Waals surface area (Å²) in [6.45, 7) is 0. The third-order valence-corrected chi connectivity index (χ3v) is 4.78. The van der Waals surface area contributed by atoms with E-state index in [4.69, 9.17) is 4.74 Å². The Hall–Kier alpha value is -4.19. The van der Waals surface area contributed by atoms with E-state index in [1.807, 2.05) is 54.6 Å². The molecule has 0 unspecified atom stereocenters. The Labute approximate surface area is 173 Å². The van der Waals surface area contributed by atoms with Crippen LogP contribution in [-0.4, -0.2) is 25.0 Å². The highest BCUT2D eigenvalue weighted by Gasteiger charge is 2.37. The molecule has 0 bridgehead atoms. The Bertz CT molecular complexity index is 1200. The molecule has 0 atom stereocenters. The van der Waals surface area contributed by atoms with Gasteiger partial charge in [-0.15, -0.1) is 0 Å². The van der Waals surface area contributed by atoms with Crippen LogP contribution in [0.5, 0.6) is 5.75 Å². The zero-order valence-electron chi connectivity index (χ0n) is 16.2. The van der Waals surface area contributed by atoms with Gasteiger partial charge in [0.05, 0.1) is 12.8 Å². The van der Waals surface area contributed by atoms with E-state index in [0.29, 0.717) is 5.69 Å². The average molecular weight is 398 g/mol. The number of fused-ring (bicyclic) bond motifs is 1. The lowest BCUT2D eigenvalue weighted by Crippen LogP contribution is -2.54. The van der Waals surface area contributed by atoms with Gasteiger partial charge in [-0.05, 0) is 35.2 Å². The van der Waals surface area contributed by atoms with Gasteiger partial charge >= 0.3 is 6.03 Å². The molecule has 1 saturated heterocycles. The minimum absolute atomic E-state index is 0.118. The molecule has 4 rings (SSSR count). The normalized spacial score (nSPS) is 15.8. The van der Waals surface area contributed by atoms with Gasteiger partial charge in [-0.3, -0.25) is 14.9 Å². The molecule has 0 saturated carbocycles. The number of hydrogen-bond donors (Lipinski definition) is 1. The summed E-state index contributed by atoms with van der Waals surface area (Å²) in [5.74, 6) is -0.656. The average Bonchev–Trinajstić information content (AvgIpc) is 2.76. The lowest BCUT2D eigenvalue weighted by atomic mass is 10.1. The van der Waals surface area contributed by atoms with Gasteiger partial charge in [-0.2, -0.15) is 0 Å². The molecule has 4 amide bonds. The SMILES string of the molecule is COc1ccc(C=CC=C2C(=O)NC(=O)N(c3cccc4ccccc34)C2=O)cc1. The highest BCUT2D eigenvalue weighted by molar-refractivity contribution is 6.38. The van der Waals surface area contributed by atoms with Crippen molar-refractivity contribution in [1.29, 1.82) is 0 Å². The van der Waals surface area contributed by atoms with Crippen LogP contribution in [0.25, 0.3) is 16.8 Å². The number of urea groups is 1. The van der Waals surface area contributed by atoms with Gasteiger partial charge in [-0.25, -0.2) is 9.69 Å². The van der Waals surface area contributed by atoms with Crippen LogP contribution < -0.4 is 15.0 Å². The lowest BCUT2D eigenvalue weighted by Gasteiger charge is -2.27. The zero-order chi connectivity index (χ0) is 21.1. The third-order valence-electron chi connectivity index (χ3n) is 4.78. The predicted molar refractivity (Wildman–Crippen MR) is 115 cm³/mol. The van der Waals surface area contributed by atoms with Gasteiger partial charge in [0, 0.05) is 5.39 Å². The molecule has 0 aliphatic carbocycles. The minimum Gasteiger partial charge on any atom is -0.497 e. The van der Waals surface area contributed by atoms with Crippen LogP contribution >= 0.6 is 0 Å². The summed E-state index contributed by atoms with van der Waals surface area (Å²) in [5.41, 5.74) is 1.18. The number of allylic oxidation sites excluding steroid dienone is 2. The van der Waals surface area contributed by atoms with Gasteiger partial charge in [0.1, 0.15) is 11.3 Å². The smallest absolute Gasteiger partial charge is 0.335 e. The molecule has 0 spiro atoms. The lowest BCUT2D eigenvalue weighted by molar-refractivity contribution is -0.122. The Morgan fingerprint density at radius 3 is 2.40 bits per heavy atom. The molecule has 1 aliphatic rings. The number of nitrogens with zero attached hydrogens (tertiary/aromatic N) is 1. The molecule has 1 aliphatic heterocycles. The summed E-state index contributed by atoms with van der Waals surface area (Å²) in [5, 5.41) is 3.87. The number of rotatable bonds is 4. The monoisotopic (exact) mass is 398 g/mol. The van der Waals surface area contributed by atoms with Crippen LogP contribution in [0.4, 0.5) is 10.5 Å². The van der Waals surface area contributed by atoms with Gasteiger partial charge < -0.3 is 4.74 Å². The summed E-state index contributed by atoms with van der Waals surface area (Å²) in [6.07, 6.45) is 4.77. The number of nitrogens with one attached hydrogen (secondary N) is 1. The maximum absolute atomic E-state index is 13.0. The summed E-state index contributed by atoms with van der Waals surface area (Å²) >= 11 is 0. The molecule has 3 aromatic rings. The van der Waals surface area contributed by atoms with Crippen LogP contribution in [0.1, 0.15) is 5.56 Å². The van der Waals surface area contributed by atoms with E-state index < -0.39 is 17.8 Å². The fourth-order valence-electron chi connectivity index (χ4n) is 3.27. The topological polar surface area (TPSA) is 75.7 Å². The molecule has 6 nitrogen and oxygen atoms in total. The molecule has 1 fully saturated rings. The number of imide groups is 2. The number of anilines is 1. The van der Waals surface area contributed by atoms with Crippen molar-refractivity contribution in [2.45, 2.75) is 0 Å². The minimum atomic E-state index is -0.766. The first-order chi connectivity index (χ1) is 14.6. The number of barbiturate groups is 1. The molecule has 3 aromatic carbocycles. The number of methoxy groups -OCH3 is 1. The van der Waals surface area contributed by atoms with E-state index in [0.717, 1.165) is 27.0 Å². The molecule has 1 N–H and O–H groups in total. The standard InChI is InChI=1S/C24H18N2O4/c1-30-18-14-12-16(13-15-18)6-4-10-20-22(27)25-24(29)26(23(20)28)21-11-5-8-17-7-2-3-9-19(17)21/h2-15H,1H3,(H,25,27,29). The number of carbonyl (C=O) groups excluding carboxylic acids is 3. The number of carbonyl (C=O) groups is 3.